The smallest absolute Gasteiger partial charge is 0.237 e. The molecule has 4 nitrogen and oxygen atoms in total. The monoisotopic (exact) mass is 220 g/mol. The second kappa shape index (κ2) is 4.79. The molecule has 4 heteroatoms. The summed E-state index contributed by atoms with van der Waals surface area (Å²) in [6.07, 6.45) is 0.989. The molecule has 1 rings (SSSR count). The fourth-order valence-corrected chi connectivity index (χ4v) is 1.89. The van der Waals surface area contributed by atoms with Gasteiger partial charge in [0.1, 0.15) is 0 Å². The van der Waals surface area contributed by atoms with Gasteiger partial charge in [0, 0.05) is 0 Å². The van der Waals surface area contributed by atoms with E-state index in [9.17, 15) is 9.59 Å². The van der Waals surface area contributed by atoms with Crippen molar-refractivity contribution in [3.05, 3.63) is 35.9 Å². The summed E-state index contributed by atoms with van der Waals surface area (Å²) in [7, 11) is 0. The average molecular weight is 220 g/mol. The van der Waals surface area contributed by atoms with Crippen LogP contribution in [0.25, 0.3) is 0 Å². The third-order valence-electron chi connectivity index (χ3n) is 2.73. The molecule has 0 atom stereocenters. The molecule has 0 aromatic heterocycles. The summed E-state index contributed by atoms with van der Waals surface area (Å²) in [5.74, 6) is -1.37. The van der Waals surface area contributed by atoms with Gasteiger partial charge in [-0.2, -0.15) is 0 Å². The summed E-state index contributed by atoms with van der Waals surface area (Å²) in [6.45, 7) is 1.88. The number of hydrogen-bond acceptors (Lipinski definition) is 2. The van der Waals surface area contributed by atoms with E-state index in [2.05, 4.69) is 0 Å². The first-order valence-electron chi connectivity index (χ1n) is 5.21. The Hall–Kier alpha value is -1.84. The van der Waals surface area contributed by atoms with Gasteiger partial charge in [-0.1, -0.05) is 43.7 Å². The first-order valence-corrected chi connectivity index (χ1v) is 5.21. The number of amides is 2. The van der Waals surface area contributed by atoms with E-state index in [0.29, 0.717) is 18.4 Å². The zero-order valence-corrected chi connectivity index (χ0v) is 9.27. The van der Waals surface area contributed by atoms with Crippen LogP contribution in [-0.4, -0.2) is 11.8 Å². The van der Waals surface area contributed by atoms with Gasteiger partial charge < -0.3 is 11.5 Å². The van der Waals surface area contributed by atoms with E-state index in [0.717, 1.165) is 0 Å². The summed E-state index contributed by atoms with van der Waals surface area (Å²) in [5.41, 5.74) is 9.89. The Bertz CT molecular complexity index is 373. The van der Waals surface area contributed by atoms with Crippen molar-refractivity contribution in [3.8, 4) is 0 Å². The quantitative estimate of drug-likeness (QED) is 0.715. The number of hydrogen-bond donors (Lipinski definition) is 2. The molecule has 0 saturated heterocycles. The molecule has 16 heavy (non-hydrogen) atoms. The first kappa shape index (κ1) is 12.2. The van der Waals surface area contributed by atoms with Gasteiger partial charge in [-0.25, -0.2) is 0 Å². The molecule has 0 aliphatic heterocycles. The Morgan fingerprint density at radius 3 is 2.00 bits per heavy atom. The van der Waals surface area contributed by atoms with Crippen molar-refractivity contribution in [3.63, 3.8) is 0 Å². The molecule has 0 spiro atoms. The number of nitrogens with two attached hydrogens (primary N) is 2. The SMILES string of the molecule is CCCC(C(N)=O)(C(N)=O)c1ccccc1. The molecule has 0 radical (unpaired) electrons. The molecule has 0 unspecified atom stereocenters. The molecule has 1 aromatic carbocycles. The molecule has 0 bridgehead atoms. The molecular formula is C12H16N2O2. The fraction of sp³-hybridized carbons (Fsp3) is 0.333. The van der Waals surface area contributed by atoms with Gasteiger partial charge in [0.15, 0.2) is 5.41 Å². The summed E-state index contributed by atoms with van der Waals surface area (Å²) in [5, 5.41) is 0. The van der Waals surface area contributed by atoms with E-state index in [1.54, 1.807) is 24.3 Å². The highest BCUT2D eigenvalue weighted by molar-refractivity contribution is 6.09. The maximum absolute atomic E-state index is 11.6. The van der Waals surface area contributed by atoms with Gasteiger partial charge in [0.05, 0.1) is 0 Å². The highest BCUT2D eigenvalue weighted by Crippen LogP contribution is 2.28. The van der Waals surface area contributed by atoms with E-state index in [1.165, 1.54) is 0 Å². The van der Waals surface area contributed by atoms with Gasteiger partial charge in [-0.05, 0) is 12.0 Å². The predicted molar refractivity (Wildman–Crippen MR) is 61.4 cm³/mol. The summed E-state index contributed by atoms with van der Waals surface area (Å²) < 4.78 is 0. The lowest BCUT2D eigenvalue weighted by atomic mass is 9.75. The van der Waals surface area contributed by atoms with Gasteiger partial charge >= 0.3 is 0 Å². The van der Waals surface area contributed by atoms with Crippen LogP contribution in [0.2, 0.25) is 0 Å². The van der Waals surface area contributed by atoms with Crippen LogP contribution >= 0.6 is 0 Å². The summed E-state index contributed by atoms with van der Waals surface area (Å²) >= 11 is 0. The zero-order chi connectivity index (χ0) is 12.2. The lowest BCUT2D eigenvalue weighted by Gasteiger charge is -2.27. The normalized spacial score (nSPS) is 11.1. The predicted octanol–water partition coefficient (Wildman–Crippen LogP) is 0.695. The molecule has 0 aliphatic carbocycles. The largest absolute Gasteiger partial charge is 0.368 e. The second-order valence-corrected chi connectivity index (χ2v) is 3.75. The number of benzene rings is 1. The van der Waals surface area contributed by atoms with Crippen LogP contribution in [0.3, 0.4) is 0 Å². The lowest BCUT2D eigenvalue weighted by Crippen LogP contribution is -2.51. The highest BCUT2D eigenvalue weighted by Gasteiger charge is 2.43. The molecule has 0 saturated carbocycles. The van der Waals surface area contributed by atoms with Gasteiger partial charge in [-0.3, -0.25) is 9.59 Å². The summed E-state index contributed by atoms with van der Waals surface area (Å²) in [4.78, 5) is 23.1. The van der Waals surface area contributed by atoms with Gasteiger partial charge in [0.2, 0.25) is 11.8 Å². The van der Waals surface area contributed by atoms with Crippen molar-refractivity contribution in [1.29, 1.82) is 0 Å². The fourth-order valence-electron chi connectivity index (χ4n) is 1.89. The van der Waals surface area contributed by atoms with Crippen LogP contribution < -0.4 is 11.5 Å². The standard InChI is InChI=1S/C12H16N2O2/c1-2-8-12(10(13)15,11(14)16)9-6-4-3-5-7-9/h3-7H,2,8H2,1H3,(H2,13,15)(H2,14,16). The van der Waals surface area contributed by atoms with Crippen LogP contribution in [0.1, 0.15) is 25.3 Å². The Morgan fingerprint density at radius 1 is 1.12 bits per heavy atom. The minimum atomic E-state index is -1.38. The number of rotatable bonds is 5. The number of carbonyl (C=O) groups is 2. The second-order valence-electron chi connectivity index (χ2n) is 3.75. The van der Waals surface area contributed by atoms with Crippen LogP contribution in [0, 0.1) is 0 Å². The van der Waals surface area contributed by atoms with Crippen molar-refractivity contribution in [2.75, 3.05) is 0 Å². The molecule has 0 aliphatic rings. The zero-order valence-electron chi connectivity index (χ0n) is 9.27. The Morgan fingerprint density at radius 2 is 1.62 bits per heavy atom. The van der Waals surface area contributed by atoms with Crippen molar-refractivity contribution in [2.45, 2.75) is 25.2 Å². The van der Waals surface area contributed by atoms with Crippen LogP contribution in [0.15, 0.2) is 30.3 Å². The lowest BCUT2D eigenvalue weighted by molar-refractivity contribution is -0.134. The molecule has 86 valence electrons. The van der Waals surface area contributed by atoms with Crippen LogP contribution in [0.5, 0.6) is 0 Å². The van der Waals surface area contributed by atoms with Crippen molar-refractivity contribution in [1.82, 2.24) is 0 Å². The molecule has 1 aromatic rings. The molecule has 0 heterocycles. The maximum Gasteiger partial charge on any atom is 0.237 e. The van der Waals surface area contributed by atoms with Crippen LogP contribution in [0.4, 0.5) is 0 Å². The van der Waals surface area contributed by atoms with Gasteiger partial charge in [0.25, 0.3) is 0 Å². The minimum Gasteiger partial charge on any atom is -0.368 e. The van der Waals surface area contributed by atoms with Gasteiger partial charge in [-0.15, -0.1) is 0 Å². The highest BCUT2D eigenvalue weighted by atomic mass is 16.2. The van der Waals surface area contributed by atoms with Crippen molar-refractivity contribution in [2.24, 2.45) is 11.5 Å². The molecule has 0 fully saturated rings. The molecule has 2 amide bonds. The average Bonchev–Trinajstić information content (AvgIpc) is 2.26. The van der Waals surface area contributed by atoms with E-state index < -0.39 is 17.2 Å². The molecule has 4 N–H and O–H groups in total. The third-order valence-corrected chi connectivity index (χ3v) is 2.73. The Balaban J connectivity index is 3.33. The van der Waals surface area contributed by atoms with Crippen molar-refractivity contribution >= 4 is 11.8 Å². The number of primary amides is 2. The number of carbonyl (C=O) groups excluding carboxylic acids is 2. The van der Waals surface area contributed by atoms with E-state index >= 15 is 0 Å². The van der Waals surface area contributed by atoms with Crippen molar-refractivity contribution < 1.29 is 9.59 Å². The third kappa shape index (κ3) is 1.91. The Kier molecular flexibility index (Phi) is 3.66. The maximum atomic E-state index is 11.6. The topological polar surface area (TPSA) is 86.2 Å². The van der Waals surface area contributed by atoms with Crippen LogP contribution in [-0.2, 0) is 15.0 Å². The van der Waals surface area contributed by atoms with E-state index in [-0.39, 0.29) is 0 Å². The minimum absolute atomic E-state index is 0.335. The first-order chi connectivity index (χ1) is 7.55. The Labute approximate surface area is 94.6 Å². The van der Waals surface area contributed by atoms with E-state index in [1.807, 2.05) is 13.0 Å². The van der Waals surface area contributed by atoms with E-state index in [4.69, 9.17) is 11.5 Å². The summed E-state index contributed by atoms with van der Waals surface area (Å²) in [6, 6.07) is 8.72. The molecular weight excluding hydrogens is 204 g/mol.